The number of aryl methyl sites for hydroxylation is 1. The lowest BCUT2D eigenvalue weighted by molar-refractivity contribution is 0.812. The zero-order valence-electron chi connectivity index (χ0n) is 9.91. The van der Waals surface area contributed by atoms with E-state index in [9.17, 15) is 0 Å². The first-order valence-electron chi connectivity index (χ1n) is 5.50. The van der Waals surface area contributed by atoms with E-state index in [0.717, 1.165) is 16.8 Å². The molecule has 3 nitrogen and oxygen atoms in total. The molecule has 2 aromatic rings. The van der Waals surface area contributed by atoms with Gasteiger partial charge in [-0.3, -0.25) is 5.10 Å². The summed E-state index contributed by atoms with van der Waals surface area (Å²) in [6.07, 6.45) is 0. The number of hydrogen-bond donors (Lipinski definition) is 2. The molecular formula is C13H17N3. The van der Waals surface area contributed by atoms with Crippen molar-refractivity contribution in [2.45, 2.75) is 26.7 Å². The Bertz CT molecular complexity index is 498. The highest BCUT2D eigenvalue weighted by molar-refractivity contribution is 5.77. The summed E-state index contributed by atoms with van der Waals surface area (Å²) in [5, 5.41) is 7.11. The van der Waals surface area contributed by atoms with Crippen LogP contribution in [0.5, 0.6) is 0 Å². The Balaban J connectivity index is 2.59. The zero-order chi connectivity index (χ0) is 11.7. The van der Waals surface area contributed by atoms with E-state index in [1.54, 1.807) is 0 Å². The minimum Gasteiger partial charge on any atom is -0.382 e. The molecular weight excluding hydrogens is 198 g/mol. The quantitative estimate of drug-likeness (QED) is 0.808. The van der Waals surface area contributed by atoms with Crippen molar-refractivity contribution in [3.05, 3.63) is 35.5 Å². The number of hydrogen-bond acceptors (Lipinski definition) is 2. The predicted octanol–water partition coefficient (Wildman–Crippen LogP) is 3.09. The summed E-state index contributed by atoms with van der Waals surface area (Å²) in [5.41, 5.74) is 10.4. The molecule has 0 amide bonds. The Morgan fingerprint density at radius 1 is 1.31 bits per heavy atom. The van der Waals surface area contributed by atoms with Gasteiger partial charge in [-0.2, -0.15) is 5.10 Å². The zero-order valence-corrected chi connectivity index (χ0v) is 9.91. The lowest BCUT2D eigenvalue weighted by atomic mass is 9.98. The summed E-state index contributed by atoms with van der Waals surface area (Å²) in [6, 6.07) is 8.32. The Labute approximate surface area is 95.7 Å². The van der Waals surface area contributed by atoms with Gasteiger partial charge in [0.25, 0.3) is 0 Å². The monoisotopic (exact) mass is 215 g/mol. The Kier molecular flexibility index (Phi) is 2.69. The fraction of sp³-hybridized carbons (Fsp3) is 0.308. The maximum absolute atomic E-state index is 5.92. The maximum Gasteiger partial charge on any atom is 0.153 e. The van der Waals surface area contributed by atoms with Crippen LogP contribution in [0.2, 0.25) is 0 Å². The van der Waals surface area contributed by atoms with Crippen LogP contribution in [0.15, 0.2) is 24.3 Å². The van der Waals surface area contributed by atoms with Crippen molar-refractivity contribution in [3.63, 3.8) is 0 Å². The van der Waals surface area contributed by atoms with Crippen LogP contribution in [-0.4, -0.2) is 10.2 Å². The fourth-order valence-electron chi connectivity index (χ4n) is 1.89. The summed E-state index contributed by atoms with van der Waals surface area (Å²) in [4.78, 5) is 0. The summed E-state index contributed by atoms with van der Waals surface area (Å²) in [5.74, 6) is 0.967. The minimum absolute atomic E-state index is 0.389. The largest absolute Gasteiger partial charge is 0.382 e. The highest BCUT2D eigenvalue weighted by Gasteiger charge is 2.15. The number of nitrogens with one attached hydrogen (secondary N) is 1. The smallest absolute Gasteiger partial charge is 0.153 e. The third kappa shape index (κ3) is 1.81. The second-order valence-electron chi connectivity index (χ2n) is 4.42. The van der Waals surface area contributed by atoms with Crippen molar-refractivity contribution in [2.75, 3.05) is 5.73 Å². The number of nitrogen functional groups attached to an aromatic ring is 1. The fourth-order valence-corrected chi connectivity index (χ4v) is 1.89. The van der Waals surface area contributed by atoms with Gasteiger partial charge in [0.1, 0.15) is 0 Å². The molecule has 0 aliphatic rings. The van der Waals surface area contributed by atoms with Gasteiger partial charge in [0.2, 0.25) is 0 Å². The topological polar surface area (TPSA) is 54.7 Å². The second-order valence-corrected chi connectivity index (χ2v) is 4.42. The number of H-pyrrole nitrogens is 1. The molecule has 0 saturated heterocycles. The van der Waals surface area contributed by atoms with Crippen LogP contribution < -0.4 is 5.73 Å². The highest BCUT2D eigenvalue weighted by atomic mass is 15.2. The van der Waals surface area contributed by atoms with Crippen LogP contribution in [0.25, 0.3) is 11.1 Å². The Morgan fingerprint density at radius 3 is 2.69 bits per heavy atom. The van der Waals surface area contributed by atoms with Crippen LogP contribution in [0.4, 0.5) is 5.82 Å². The van der Waals surface area contributed by atoms with E-state index in [2.05, 4.69) is 49.2 Å². The predicted molar refractivity (Wildman–Crippen MR) is 67.3 cm³/mol. The first kappa shape index (κ1) is 10.7. The first-order valence-corrected chi connectivity index (χ1v) is 5.50. The molecule has 0 atom stereocenters. The van der Waals surface area contributed by atoms with Crippen molar-refractivity contribution in [2.24, 2.45) is 0 Å². The van der Waals surface area contributed by atoms with Gasteiger partial charge in [-0.25, -0.2) is 0 Å². The molecule has 0 saturated carbocycles. The molecule has 0 aliphatic heterocycles. The molecule has 0 bridgehead atoms. The van der Waals surface area contributed by atoms with E-state index in [1.165, 1.54) is 5.56 Å². The van der Waals surface area contributed by atoms with Gasteiger partial charge >= 0.3 is 0 Å². The molecule has 0 aliphatic carbocycles. The van der Waals surface area contributed by atoms with E-state index in [-0.39, 0.29) is 0 Å². The van der Waals surface area contributed by atoms with Gasteiger partial charge in [-0.05, 0) is 18.4 Å². The summed E-state index contributed by atoms with van der Waals surface area (Å²) in [7, 11) is 0. The first-order chi connectivity index (χ1) is 7.59. The Hall–Kier alpha value is -1.77. The SMILES string of the molecule is Cc1cccc(-c2c(N)n[nH]c2C(C)C)c1. The number of nitrogens with two attached hydrogens (primary N) is 1. The molecule has 3 heteroatoms. The van der Waals surface area contributed by atoms with E-state index >= 15 is 0 Å². The van der Waals surface area contributed by atoms with E-state index in [0.29, 0.717) is 11.7 Å². The van der Waals surface area contributed by atoms with Crippen molar-refractivity contribution in [1.29, 1.82) is 0 Å². The molecule has 1 aromatic carbocycles. The molecule has 2 rings (SSSR count). The maximum atomic E-state index is 5.92. The number of rotatable bonds is 2. The molecule has 0 spiro atoms. The van der Waals surface area contributed by atoms with Gasteiger partial charge in [0.15, 0.2) is 5.82 Å². The molecule has 1 aromatic heterocycles. The lowest BCUT2D eigenvalue weighted by Gasteiger charge is -2.07. The molecule has 1 heterocycles. The second kappa shape index (κ2) is 4.00. The van der Waals surface area contributed by atoms with Crippen LogP contribution in [0, 0.1) is 6.92 Å². The van der Waals surface area contributed by atoms with Crippen LogP contribution in [0.3, 0.4) is 0 Å². The normalized spacial score (nSPS) is 11.0. The van der Waals surface area contributed by atoms with Crippen LogP contribution in [0.1, 0.15) is 31.0 Å². The molecule has 0 unspecified atom stereocenters. The van der Waals surface area contributed by atoms with Crippen molar-refractivity contribution < 1.29 is 0 Å². The average molecular weight is 215 g/mol. The number of anilines is 1. The summed E-state index contributed by atoms with van der Waals surface area (Å²) in [6.45, 7) is 6.34. The number of nitrogens with zero attached hydrogens (tertiary/aromatic N) is 1. The number of benzene rings is 1. The highest BCUT2D eigenvalue weighted by Crippen LogP contribution is 2.32. The van der Waals surface area contributed by atoms with Gasteiger partial charge in [-0.15, -0.1) is 0 Å². The van der Waals surface area contributed by atoms with Crippen molar-refractivity contribution in [1.82, 2.24) is 10.2 Å². The lowest BCUT2D eigenvalue weighted by Crippen LogP contribution is -1.93. The number of aromatic nitrogens is 2. The minimum atomic E-state index is 0.389. The summed E-state index contributed by atoms with van der Waals surface area (Å²) < 4.78 is 0. The third-order valence-electron chi connectivity index (χ3n) is 2.71. The van der Waals surface area contributed by atoms with Crippen LogP contribution in [-0.2, 0) is 0 Å². The van der Waals surface area contributed by atoms with Gasteiger partial charge in [0.05, 0.1) is 0 Å². The van der Waals surface area contributed by atoms with Crippen molar-refractivity contribution in [3.8, 4) is 11.1 Å². The third-order valence-corrected chi connectivity index (χ3v) is 2.71. The average Bonchev–Trinajstić information content (AvgIpc) is 2.60. The summed E-state index contributed by atoms with van der Waals surface area (Å²) >= 11 is 0. The van der Waals surface area contributed by atoms with Gasteiger partial charge < -0.3 is 5.73 Å². The molecule has 3 N–H and O–H groups in total. The van der Waals surface area contributed by atoms with E-state index < -0.39 is 0 Å². The molecule has 0 radical (unpaired) electrons. The van der Waals surface area contributed by atoms with Crippen molar-refractivity contribution >= 4 is 5.82 Å². The molecule has 84 valence electrons. The molecule has 16 heavy (non-hydrogen) atoms. The van der Waals surface area contributed by atoms with Gasteiger partial charge in [0, 0.05) is 11.3 Å². The molecule has 0 fully saturated rings. The Morgan fingerprint density at radius 2 is 2.06 bits per heavy atom. The standard InChI is InChI=1S/C13H17N3/c1-8(2)12-11(13(14)16-15-12)10-6-4-5-9(3)7-10/h4-8H,1-3H3,(H3,14,15,16). The van der Waals surface area contributed by atoms with Gasteiger partial charge in [-0.1, -0.05) is 43.7 Å². The van der Waals surface area contributed by atoms with Crippen LogP contribution >= 0.6 is 0 Å². The van der Waals surface area contributed by atoms with E-state index in [4.69, 9.17) is 5.73 Å². The van der Waals surface area contributed by atoms with E-state index in [1.807, 2.05) is 6.07 Å². The number of aromatic amines is 1.